The summed E-state index contributed by atoms with van der Waals surface area (Å²) in [6.45, 7) is 0.697. The summed E-state index contributed by atoms with van der Waals surface area (Å²) < 4.78 is 16.5. The molecule has 1 aliphatic rings. The van der Waals surface area contributed by atoms with Gasteiger partial charge in [-0.05, 0) is 37.1 Å². The van der Waals surface area contributed by atoms with Crippen molar-refractivity contribution in [3.8, 4) is 11.5 Å². The molecular weight excluding hydrogens is 208 g/mol. The van der Waals surface area contributed by atoms with E-state index < -0.39 is 0 Å². The van der Waals surface area contributed by atoms with E-state index in [1.165, 1.54) is 0 Å². The van der Waals surface area contributed by atoms with E-state index in [1.807, 2.05) is 0 Å². The van der Waals surface area contributed by atoms with Crippen LogP contribution in [-0.2, 0) is 9.47 Å². The van der Waals surface area contributed by atoms with Crippen molar-refractivity contribution < 1.29 is 19.3 Å². The Labute approximate surface area is 94.8 Å². The van der Waals surface area contributed by atoms with Crippen LogP contribution in [0.4, 0.5) is 0 Å². The molecule has 4 heteroatoms. The highest BCUT2D eigenvalue weighted by Gasteiger charge is 2.27. The van der Waals surface area contributed by atoms with E-state index >= 15 is 0 Å². The molecule has 0 radical (unpaired) electrons. The van der Waals surface area contributed by atoms with Gasteiger partial charge in [-0.15, -0.1) is 0 Å². The zero-order chi connectivity index (χ0) is 11.4. The van der Waals surface area contributed by atoms with Gasteiger partial charge in [-0.2, -0.15) is 0 Å². The molecule has 16 heavy (non-hydrogen) atoms. The predicted molar refractivity (Wildman–Crippen MR) is 58.5 cm³/mol. The number of ether oxygens (including phenoxy) is 3. The zero-order valence-electron chi connectivity index (χ0n) is 9.26. The Hall–Kier alpha value is -1.26. The SMILES string of the molecule is CO[C@@H]1CCCO[C@H]1Oc1ccc(O)cc1. The van der Waals surface area contributed by atoms with Crippen molar-refractivity contribution in [2.45, 2.75) is 25.2 Å². The van der Waals surface area contributed by atoms with Gasteiger partial charge in [-0.3, -0.25) is 0 Å². The topological polar surface area (TPSA) is 47.9 Å². The molecule has 2 atom stereocenters. The van der Waals surface area contributed by atoms with Gasteiger partial charge in [0.1, 0.15) is 17.6 Å². The van der Waals surface area contributed by atoms with E-state index in [0.717, 1.165) is 12.8 Å². The van der Waals surface area contributed by atoms with E-state index in [0.29, 0.717) is 12.4 Å². The molecule has 1 aromatic carbocycles. The zero-order valence-corrected chi connectivity index (χ0v) is 9.26. The molecule has 0 unspecified atom stereocenters. The molecular formula is C12H16O4. The fourth-order valence-electron chi connectivity index (χ4n) is 1.73. The van der Waals surface area contributed by atoms with Crippen molar-refractivity contribution >= 4 is 0 Å². The minimum absolute atomic E-state index is 0.0254. The highest BCUT2D eigenvalue weighted by molar-refractivity contribution is 5.30. The number of phenolic OH excluding ortho intramolecular Hbond substituents is 1. The minimum atomic E-state index is -0.358. The highest BCUT2D eigenvalue weighted by Crippen LogP contribution is 2.22. The quantitative estimate of drug-likeness (QED) is 0.852. The number of hydrogen-bond acceptors (Lipinski definition) is 4. The van der Waals surface area contributed by atoms with Crippen LogP contribution in [0.25, 0.3) is 0 Å². The Balaban J connectivity index is 1.99. The summed E-state index contributed by atoms with van der Waals surface area (Å²) >= 11 is 0. The fourth-order valence-corrected chi connectivity index (χ4v) is 1.73. The van der Waals surface area contributed by atoms with Crippen LogP contribution >= 0.6 is 0 Å². The van der Waals surface area contributed by atoms with Crippen LogP contribution in [0.5, 0.6) is 11.5 Å². The van der Waals surface area contributed by atoms with Crippen LogP contribution in [0.2, 0.25) is 0 Å². The number of benzene rings is 1. The first kappa shape index (κ1) is 11.2. The largest absolute Gasteiger partial charge is 0.508 e. The lowest BCUT2D eigenvalue weighted by Gasteiger charge is -2.30. The smallest absolute Gasteiger partial charge is 0.226 e. The third-order valence-corrected chi connectivity index (χ3v) is 2.61. The molecule has 1 N–H and O–H groups in total. The van der Waals surface area contributed by atoms with Crippen molar-refractivity contribution in [1.82, 2.24) is 0 Å². The van der Waals surface area contributed by atoms with Crippen LogP contribution in [0, 0.1) is 0 Å². The summed E-state index contributed by atoms with van der Waals surface area (Å²) in [5, 5.41) is 9.15. The number of hydrogen-bond donors (Lipinski definition) is 1. The van der Waals surface area contributed by atoms with Crippen molar-refractivity contribution in [3.63, 3.8) is 0 Å². The Kier molecular flexibility index (Phi) is 3.64. The molecule has 0 aliphatic carbocycles. The molecule has 0 saturated carbocycles. The van der Waals surface area contributed by atoms with Gasteiger partial charge in [0, 0.05) is 7.11 Å². The summed E-state index contributed by atoms with van der Waals surface area (Å²) in [6, 6.07) is 6.58. The van der Waals surface area contributed by atoms with Gasteiger partial charge in [0.2, 0.25) is 6.29 Å². The first-order chi connectivity index (χ1) is 7.79. The monoisotopic (exact) mass is 224 g/mol. The third-order valence-electron chi connectivity index (χ3n) is 2.61. The lowest BCUT2D eigenvalue weighted by molar-refractivity contribution is -0.179. The molecule has 0 spiro atoms. The normalized spacial score (nSPS) is 25.3. The first-order valence-corrected chi connectivity index (χ1v) is 5.39. The van der Waals surface area contributed by atoms with Gasteiger partial charge in [0.25, 0.3) is 0 Å². The van der Waals surface area contributed by atoms with Gasteiger partial charge >= 0.3 is 0 Å². The lowest BCUT2D eigenvalue weighted by Crippen LogP contribution is -2.39. The maximum atomic E-state index is 9.15. The average molecular weight is 224 g/mol. The van der Waals surface area contributed by atoms with Crippen molar-refractivity contribution in [3.05, 3.63) is 24.3 Å². The average Bonchev–Trinajstić information content (AvgIpc) is 2.33. The van der Waals surface area contributed by atoms with Gasteiger partial charge < -0.3 is 19.3 Å². The molecule has 1 heterocycles. The summed E-state index contributed by atoms with van der Waals surface area (Å²) in [6.07, 6.45) is 1.55. The Morgan fingerprint density at radius 3 is 2.75 bits per heavy atom. The molecule has 0 bridgehead atoms. The van der Waals surface area contributed by atoms with Gasteiger partial charge in [-0.25, -0.2) is 0 Å². The van der Waals surface area contributed by atoms with Crippen molar-refractivity contribution in [2.24, 2.45) is 0 Å². The lowest BCUT2D eigenvalue weighted by atomic mass is 10.1. The number of phenols is 1. The van der Waals surface area contributed by atoms with Crippen LogP contribution < -0.4 is 4.74 Å². The summed E-state index contributed by atoms with van der Waals surface area (Å²) in [5.41, 5.74) is 0. The molecule has 1 saturated heterocycles. The van der Waals surface area contributed by atoms with Crippen LogP contribution in [0.3, 0.4) is 0 Å². The van der Waals surface area contributed by atoms with E-state index in [2.05, 4.69) is 0 Å². The van der Waals surface area contributed by atoms with Crippen molar-refractivity contribution in [1.29, 1.82) is 0 Å². The van der Waals surface area contributed by atoms with E-state index in [1.54, 1.807) is 31.4 Å². The Bertz CT molecular complexity index is 322. The molecule has 1 aliphatic heterocycles. The molecule has 0 aromatic heterocycles. The van der Waals surface area contributed by atoms with Crippen LogP contribution in [0.15, 0.2) is 24.3 Å². The number of rotatable bonds is 3. The predicted octanol–water partition coefficient (Wildman–Crippen LogP) is 1.92. The van der Waals surface area contributed by atoms with E-state index in [9.17, 15) is 0 Å². The molecule has 4 nitrogen and oxygen atoms in total. The summed E-state index contributed by atoms with van der Waals surface area (Å²) in [5.74, 6) is 0.895. The summed E-state index contributed by atoms with van der Waals surface area (Å²) in [7, 11) is 1.66. The first-order valence-electron chi connectivity index (χ1n) is 5.39. The minimum Gasteiger partial charge on any atom is -0.508 e. The second kappa shape index (κ2) is 5.18. The van der Waals surface area contributed by atoms with Gasteiger partial charge in [0.05, 0.1) is 6.61 Å². The molecule has 88 valence electrons. The Morgan fingerprint density at radius 2 is 2.06 bits per heavy atom. The molecule has 2 rings (SSSR count). The molecule has 1 fully saturated rings. The summed E-state index contributed by atoms with van der Waals surface area (Å²) in [4.78, 5) is 0. The van der Waals surface area contributed by atoms with Gasteiger partial charge in [-0.1, -0.05) is 0 Å². The van der Waals surface area contributed by atoms with E-state index in [-0.39, 0.29) is 18.1 Å². The third kappa shape index (κ3) is 2.65. The Morgan fingerprint density at radius 1 is 1.31 bits per heavy atom. The second-order valence-electron chi connectivity index (χ2n) is 3.77. The molecule has 1 aromatic rings. The number of methoxy groups -OCH3 is 1. The van der Waals surface area contributed by atoms with Crippen LogP contribution in [0.1, 0.15) is 12.8 Å². The molecule has 0 amide bonds. The fraction of sp³-hybridized carbons (Fsp3) is 0.500. The van der Waals surface area contributed by atoms with Crippen LogP contribution in [-0.4, -0.2) is 31.2 Å². The maximum Gasteiger partial charge on any atom is 0.226 e. The number of aromatic hydroxyl groups is 1. The standard InChI is InChI=1S/C12H16O4/c1-14-11-3-2-8-15-12(11)16-10-6-4-9(13)5-7-10/h4-7,11-13H,2-3,8H2,1H3/t11-,12+/m1/s1. The second-order valence-corrected chi connectivity index (χ2v) is 3.77. The maximum absolute atomic E-state index is 9.15. The van der Waals surface area contributed by atoms with E-state index in [4.69, 9.17) is 19.3 Å². The highest BCUT2D eigenvalue weighted by atomic mass is 16.7. The van der Waals surface area contributed by atoms with Crippen molar-refractivity contribution in [2.75, 3.05) is 13.7 Å². The van der Waals surface area contributed by atoms with Gasteiger partial charge in [0.15, 0.2) is 0 Å².